The number of aliphatic carboxylic acids is 1. The van der Waals surface area contributed by atoms with Crippen molar-refractivity contribution >= 4 is 23.5 Å². The van der Waals surface area contributed by atoms with Gasteiger partial charge in [0.25, 0.3) is 5.91 Å². The van der Waals surface area contributed by atoms with E-state index in [0.29, 0.717) is 43.6 Å². The van der Waals surface area contributed by atoms with Gasteiger partial charge < -0.3 is 25.3 Å². The molecule has 4 fully saturated rings. The van der Waals surface area contributed by atoms with Crippen molar-refractivity contribution in [1.29, 1.82) is 0 Å². The summed E-state index contributed by atoms with van der Waals surface area (Å²) in [6.07, 6.45) is 16.6. The lowest BCUT2D eigenvalue weighted by molar-refractivity contribution is -0.150. The molecule has 1 saturated heterocycles. The second-order valence-corrected chi connectivity index (χ2v) is 14.2. The number of terminal acetylenes is 1. The van der Waals surface area contributed by atoms with E-state index in [2.05, 4.69) is 36.3 Å². The van der Waals surface area contributed by atoms with Gasteiger partial charge in [0.2, 0.25) is 5.91 Å². The van der Waals surface area contributed by atoms with E-state index < -0.39 is 29.6 Å². The SMILES string of the molecule is C#C[C@@]1(O)CC[C@H]2[C@@H]3CCC4=C/C(=N\OCC(=O)N[C@@H](C(=O)N5CCC[C@H]5C(=O)O)C(C)C)CC[C@]4(C)[C@H]3CC[C@@]21C. The van der Waals surface area contributed by atoms with Gasteiger partial charge in [0.15, 0.2) is 6.61 Å². The number of carboxylic acid groups (broad SMARTS) is 1. The maximum absolute atomic E-state index is 13.1. The Labute approximate surface area is 249 Å². The third-order valence-electron chi connectivity index (χ3n) is 11.8. The minimum absolute atomic E-state index is 0.0890. The van der Waals surface area contributed by atoms with E-state index in [0.717, 1.165) is 50.7 Å². The molecule has 3 saturated carbocycles. The van der Waals surface area contributed by atoms with Gasteiger partial charge in [-0.15, -0.1) is 6.42 Å². The number of fused-ring (bicyclic) bond motifs is 5. The van der Waals surface area contributed by atoms with Gasteiger partial charge >= 0.3 is 5.97 Å². The van der Waals surface area contributed by atoms with E-state index >= 15 is 0 Å². The molecule has 42 heavy (non-hydrogen) atoms. The molecule has 0 radical (unpaired) electrons. The van der Waals surface area contributed by atoms with E-state index in [-0.39, 0.29) is 29.3 Å². The average molecular weight is 582 g/mol. The zero-order valence-corrected chi connectivity index (χ0v) is 25.5. The van der Waals surface area contributed by atoms with Crippen LogP contribution in [0.4, 0.5) is 0 Å². The maximum Gasteiger partial charge on any atom is 0.326 e. The minimum atomic E-state index is -1.02. The number of oxime groups is 1. The molecule has 3 N–H and O–H groups in total. The van der Waals surface area contributed by atoms with E-state index in [4.69, 9.17) is 11.3 Å². The van der Waals surface area contributed by atoms with Gasteiger partial charge in [-0.1, -0.05) is 44.3 Å². The van der Waals surface area contributed by atoms with Crippen molar-refractivity contribution in [2.45, 2.75) is 110 Å². The molecule has 0 unspecified atom stereocenters. The fourth-order valence-electron chi connectivity index (χ4n) is 9.26. The summed E-state index contributed by atoms with van der Waals surface area (Å²) in [6, 6.07) is -1.67. The molecule has 5 aliphatic rings. The van der Waals surface area contributed by atoms with Gasteiger partial charge in [-0.2, -0.15) is 0 Å². The van der Waals surface area contributed by atoms with Crippen LogP contribution in [0.2, 0.25) is 0 Å². The predicted molar refractivity (Wildman–Crippen MR) is 158 cm³/mol. The number of hydrogen-bond donors (Lipinski definition) is 3. The Bertz CT molecular complexity index is 1220. The van der Waals surface area contributed by atoms with Gasteiger partial charge in [0.1, 0.15) is 17.7 Å². The van der Waals surface area contributed by atoms with Crippen LogP contribution in [-0.4, -0.2) is 69.4 Å². The molecule has 0 aromatic rings. The van der Waals surface area contributed by atoms with Crippen LogP contribution in [0.15, 0.2) is 16.8 Å². The van der Waals surface area contributed by atoms with Gasteiger partial charge in [0.05, 0.1) is 5.71 Å². The third kappa shape index (κ3) is 5.04. The number of likely N-dealkylation sites (tertiary alicyclic amines) is 1. The van der Waals surface area contributed by atoms with E-state index in [1.165, 1.54) is 10.5 Å². The Balaban J connectivity index is 1.19. The first-order chi connectivity index (χ1) is 19.8. The molecule has 8 atom stereocenters. The van der Waals surface area contributed by atoms with Gasteiger partial charge in [-0.25, -0.2) is 4.79 Å². The molecule has 5 rings (SSSR count). The second-order valence-electron chi connectivity index (χ2n) is 14.2. The Morgan fingerprint density at radius 2 is 1.88 bits per heavy atom. The fourth-order valence-corrected chi connectivity index (χ4v) is 9.26. The highest BCUT2D eigenvalue weighted by atomic mass is 16.6. The Hall–Kier alpha value is -2.86. The van der Waals surface area contributed by atoms with Crippen LogP contribution in [0, 0.1) is 46.8 Å². The average Bonchev–Trinajstić information content (AvgIpc) is 3.55. The Kier molecular flexibility index (Phi) is 8.25. The lowest BCUT2D eigenvalue weighted by Crippen LogP contribution is -2.54. The first-order valence-electron chi connectivity index (χ1n) is 15.8. The maximum atomic E-state index is 13.1. The normalized spacial score (nSPS) is 39.0. The number of carboxylic acids is 1. The number of hydrogen-bond acceptors (Lipinski definition) is 6. The van der Waals surface area contributed by atoms with Crippen molar-refractivity contribution in [2.24, 2.45) is 39.7 Å². The number of nitrogens with zero attached hydrogens (tertiary/aromatic N) is 2. The molecule has 1 heterocycles. The summed E-state index contributed by atoms with van der Waals surface area (Å²) in [6.45, 7) is 8.32. The number of carbonyl (C=O) groups is 3. The molecule has 4 aliphatic carbocycles. The van der Waals surface area contributed by atoms with Gasteiger partial charge in [-0.3, -0.25) is 9.59 Å². The summed E-state index contributed by atoms with van der Waals surface area (Å²) in [4.78, 5) is 44.2. The van der Waals surface area contributed by atoms with Crippen molar-refractivity contribution in [3.8, 4) is 12.3 Å². The Morgan fingerprint density at radius 3 is 2.57 bits per heavy atom. The van der Waals surface area contributed by atoms with Crippen LogP contribution < -0.4 is 5.32 Å². The highest BCUT2D eigenvalue weighted by molar-refractivity contribution is 5.96. The molecule has 1 aliphatic heterocycles. The topological polar surface area (TPSA) is 129 Å². The van der Waals surface area contributed by atoms with Crippen LogP contribution in [0.1, 0.15) is 91.9 Å². The molecule has 0 aromatic heterocycles. The fraction of sp³-hybridized carbons (Fsp3) is 0.758. The molecular weight excluding hydrogens is 534 g/mol. The van der Waals surface area contributed by atoms with Crippen molar-refractivity contribution in [1.82, 2.24) is 10.2 Å². The lowest BCUT2D eigenvalue weighted by atomic mass is 9.46. The second kappa shape index (κ2) is 11.3. The highest BCUT2D eigenvalue weighted by Gasteiger charge is 2.63. The quantitative estimate of drug-likeness (QED) is 0.309. The largest absolute Gasteiger partial charge is 0.480 e. The minimum Gasteiger partial charge on any atom is -0.480 e. The van der Waals surface area contributed by atoms with Crippen LogP contribution in [-0.2, 0) is 19.2 Å². The van der Waals surface area contributed by atoms with E-state index in [9.17, 15) is 24.6 Å². The first-order valence-corrected chi connectivity index (χ1v) is 15.8. The van der Waals surface area contributed by atoms with Crippen molar-refractivity contribution in [2.75, 3.05) is 13.2 Å². The van der Waals surface area contributed by atoms with Crippen molar-refractivity contribution in [3.05, 3.63) is 11.6 Å². The van der Waals surface area contributed by atoms with Crippen molar-refractivity contribution < 1.29 is 29.4 Å². The zero-order chi connectivity index (χ0) is 30.4. The van der Waals surface area contributed by atoms with Crippen LogP contribution in [0.25, 0.3) is 0 Å². The lowest BCUT2D eigenvalue weighted by Gasteiger charge is -2.58. The monoisotopic (exact) mass is 581 g/mol. The summed E-state index contributed by atoms with van der Waals surface area (Å²) in [5.41, 5.74) is 1.12. The zero-order valence-electron chi connectivity index (χ0n) is 25.5. The van der Waals surface area contributed by atoms with Crippen LogP contribution in [0.5, 0.6) is 0 Å². The molecule has 9 heteroatoms. The summed E-state index contributed by atoms with van der Waals surface area (Å²) < 4.78 is 0. The highest BCUT2D eigenvalue weighted by Crippen LogP contribution is 2.67. The number of rotatable bonds is 7. The summed E-state index contributed by atoms with van der Waals surface area (Å²) in [5, 5.41) is 27.7. The number of carbonyl (C=O) groups excluding carboxylic acids is 2. The molecule has 0 bridgehead atoms. The predicted octanol–water partition coefficient (Wildman–Crippen LogP) is 3.90. The molecular formula is C33H47N3O6. The van der Waals surface area contributed by atoms with Crippen LogP contribution in [0.3, 0.4) is 0 Å². The molecule has 0 aromatic carbocycles. The van der Waals surface area contributed by atoms with Crippen molar-refractivity contribution in [3.63, 3.8) is 0 Å². The number of aliphatic hydroxyl groups is 1. The number of nitrogens with one attached hydrogen (secondary N) is 1. The summed E-state index contributed by atoms with van der Waals surface area (Å²) in [5.74, 6) is 2.29. The molecule has 9 nitrogen and oxygen atoms in total. The smallest absolute Gasteiger partial charge is 0.326 e. The van der Waals surface area contributed by atoms with Gasteiger partial charge in [0, 0.05) is 12.0 Å². The molecule has 2 amide bonds. The molecule has 230 valence electrons. The summed E-state index contributed by atoms with van der Waals surface area (Å²) in [7, 11) is 0. The van der Waals surface area contributed by atoms with Crippen LogP contribution >= 0.6 is 0 Å². The third-order valence-corrected chi connectivity index (χ3v) is 11.8. The number of amides is 2. The Morgan fingerprint density at radius 1 is 1.14 bits per heavy atom. The van der Waals surface area contributed by atoms with E-state index in [1.54, 1.807) is 0 Å². The van der Waals surface area contributed by atoms with E-state index in [1.807, 2.05) is 13.8 Å². The number of allylic oxidation sites excluding steroid dienone is 2. The first kappa shape index (κ1) is 30.6. The molecule has 0 spiro atoms. The van der Waals surface area contributed by atoms with Gasteiger partial charge in [-0.05, 0) is 99.4 Å². The summed E-state index contributed by atoms with van der Waals surface area (Å²) >= 11 is 0. The standard InChI is InChI=1S/C33H47N3O6/c1-6-33(41)16-13-25-23-10-9-21-18-22(11-14-31(21,4)24(23)12-15-32(25,33)5)35-42-19-27(37)34-28(20(2)3)29(38)36-17-7-8-26(36)30(39)40/h1,18,20,23-26,28,41H,7-17,19H2,2-5H3,(H,34,37)(H,39,40)/b35-22-/t23-,24+,25+,26+,28-,31+,32+,33-/m1/s1.